The zero-order valence-electron chi connectivity index (χ0n) is 12.1. The van der Waals surface area contributed by atoms with Gasteiger partial charge in [0.15, 0.2) is 0 Å². The molecular formula is C16H20ClN3. The van der Waals surface area contributed by atoms with Crippen LogP contribution in [0.25, 0.3) is 0 Å². The maximum Gasteiger partial charge on any atom is 0.133 e. The normalized spacial score (nSPS) is 12.2. The van der Waals surface area contributed by atoms with Gasteiger partial charge in [-0.3, -0.25) is 0 Å². The monoisotopic (exact) mass is 289 g/mol. The van der Waals surface area contributed by atoms with Gasteiger partial charge in [-0.1, -0.05) is 29.8 Å². The van der Waals surface area contributed by atoms with E-state index in [0.717, 1.165) is 22.1 Å². The predicted octanol–water partition coefficient (Wildman–Crippen LogP) is 3.70. The van der Waals surface area contributed by atoms with Crippen molar-refractivity contribution in [3.63, 3.8) is 0 Å². The highest BCUT2D eigenvalue weighted by molar-refractivity contribution is 6.30. The van der Waals surface area contributed by atoms with Crippen LogP contribution in [0.15, 0.2) is 36.4 Å². The number of pyridine rings is 1. The number of halogens is 1. The Labute approximate surface area is 125 Å². The predicted molar refractivity (Wildman–Crippen MR) is 85.1 cm³/mol. The highest BCUT2D eigenvalue weighted by Crippen LogP contribution is 2.27. The van der Waals surface area contributed by atoms with Gasteiger partial charge in [0.25, 0.3) is 0 Å². The molecule has 0 radical (unpaired) electrons. The third-order valence-electron chi connectivity index (χ3n) is 3.58. The lowest BCUT2D eigenvalue weighted by molar-refractivity contribution is 0.721. The summed E-state index contributed by atoms with van der Waals surface area (Å²) in [5, 5.41) is 0.750. The van der Waals surface area contributed by atoms with Gasteiger partial charge >= 0.3 is 0 Å². The summed E-state index contributed by atoms with van der Waals surface area (Å²) in [6.07, 6.45) is 0. The van der Waals surface area contributed by atoms with Crippen LogP contribution in [0.2, 0.25) is 5.02 Å². The van der Waals surface area contributed by atoms with Crippen LogP contribution < -0.4 is 10.6 Å². The molecule has 20 heavy (non-hydrogen) atoms. The molecule has 1 heterocycles. The number of benzene rings is 1. The summed E-state index contributed by atoms with van der Waals surface area (Å²) in [5.41, 5.74) is 9.06. The highest BCUT2D eigenvalue weighted by Gasteiger charge is 2.16. The zero-order chi connectivity index (χ0) is 14.7. The quantitative estimate of drug-likeness (QED) is 0.933. The maximum absolute atomic E-state index is 5.94. The fraction of sp³-hybridized carbons (Fsp3) is 0.312. The number of nitrogens with two attached hydrogens (primary N) is 1. The lowest BCUT2D eigenvalue weighted by Crippen LogP contribution is -2.24. The van der Waals surface area contributed by atoms with E-state index < -0.39 is 0 Å². The summed E-state index contributed by atoms with van der Waals surface area (Å²) >= 11 is 5.94. The van der Waals surface area contributed by atoms with Crippen LogP contribution in [0, 0.1) is 6.92 Å². The minimum Gasteiger partial charge on any atom is -0.353 e. The summed E-state index contributed by atoms with van der Waals surface area (Å²) in [6, 6.07) is 12.1. The summed E-state index contributed by atoms with van der Waals surface area (Å²) in [6.45, 7) is 4.62. The fourth-order valence-corrected chi connectivity index (χ4v) is 2.31. The van der Waals surface area contributed by atoms with Gasteiger partial charge in [-0.2, -0.15) is 0 Å². The minimum absolute atomic E-state index is 0.201. The Morgan fingerprint density at radius 2 is 1.85 bits per heavy atom. The minimum atomic E-state index is 0.201. The van der Waals surface area contributed by atoms with E-state index in [1.54, 1.807) is 0 Å². The molecule has 106 valence electrons. The van der Waals surface area contributed by atoms with E-state index in [9.17, 15) is 0 Å². The number of aryl methyl sites for hydroxylation is 1. The second-order valence-electron chi connectivity index (χ2n) is 4.98. The first-order valence-electron chi connectivity index (χ1n) is 6.68. The van der Waals surface area contributed by atoms with Crippen LogP contribution in [-0.2, 0) is 6.54 Å². The second-order valence-corrected chi connectivity index (χ2v) is 5.41. The Balaban J connectivity index is 2.32. The van der Waals surface area contributed by atoms with Crippen molar-refractivity contribution in [3.8, 4) is 0 Å². The molecule has 0 spiro atoms. The van der Waals surface area contributed by atoms with Crippen molar-refractivity contribution in [1.82, 2.24) is 4.98 Å². The van der Waals surface area contributed by atoms with Crippen LogP contribution in [0.1, 0.15) is 29.8 Å². The third kappa shape index (κ3) is 3.11. The molecule has 0 aliphatic rings. The number of anilines is 1. The largest absolute Gasteiger partial charge is 0.353 e. The molecule has 0 bridgehead atoms. The first-order chi connectivity index (χ1) is 9.52. The van der Waals surface area contributed by atoms with Crippen molar-refractivity contribution >= 4 is 17.4 Å². The van der Waals surface area contributed by atoms with Crippen LogP contribution in [-0.4, -0.2) is 12.0 Å². The third-order valence-corrected chi connectivity index (χ3v) is 3.83. The van der Waals surface area contributed by atoms with Crippen LogP contribution in [0.5, 0.6) is 0 Å². The molecule has 0 saturated carbocycles. The van der Waals surface area contributed by atoms with Gasteiger partial charge in [0.1, 0.15) is 5.82 Å². The molecule has 2 N–H and O–H groups in total. The number of rotatable bonds is 4. The number of hydrogen-bond donors (Lipinski definition) is 1. The number of aromatic nitrogens is 1. The Morgan fingerprint density at radius 3 is 2.45 bits per heavy atom. The molecule has 0 saturated heterocycles. The van der Waals surface area contributed by atoms with Crippen molar-refractivity contribution in [2.24, 2.45) is 5.73 Å². The summed E-state index contributed by atoms with van der Waals surface area (Å²) in [4.78, 5) is 6.78. The van der Waals surface area contributed by atoms with E-state index in [4.69, 9.17) is 17.3 Å². The van der Waals surface area contributed by atoms with Gasteiger partial charge in [-0.25, -0.2) is 4.98 Å². The Kier molecular flexibility index (Phi) is 4.63. The molecule has 2 aromatic rings. The van der Waals surface area contributed by atoms with Crippen molar-refractivity contribution in [2.75, 3.05) is 11.9 Å². The van der Waals surface area contributed by atoms with Crippen molar-refractivity contribution in [2.45, 2.75) is 26.4 Å². The molecule has 4 heteroatoms. The first-order valence-corrected chi connectivity index (χ1v) is 7.05. The molecule has 1 atom stereocenters. The standard InChI is InChI=1S/C16H20ClN3/c1-11-4-5-14(10-18)16(19-11)20(3)12(2)13-6-8-15(17)9-7-13/h4-9,12H,10,18H2,1-3H3. The molecule has 3 nitrogen and oxygen atoms in total. The summed E-state index contributed by atoms with van der Waals surface area (Å²) in [5.74, 6) is 0.940. The SMILES string of the molecule is Cc1ccc(CN)c(N(C)C(C)c2ccc(Cl)cc2)n1. The van der Waals surface area contributed by atoms with E-state index >= 15 is 0 Å². The van der Waals surface area contributed by atoms with E-state index in [1.165, 1.54) is 5.56 Å². The molecule has 0 fully saturated rings. The Hall–Kier alpha value is -1.58. The van der Waals surface area contributed by atoms with Crippen molar-refractivity contribution in [1.29, 1.82) is 0 Å². The van der Waals surface area contributed by atoms with Crippen LogP contribution >= 0.6 is 11.6 Å². The van der Waals surface area contributed by atoms with Gasteiger partial charge in [0.2, 0.25) is 0 Å². The number of hydrogen-bond acceptors (Lipinski definition) is 3. The Bertz CT molecular complexity index is 581. The summed E-state index contributed by atoms with van der Waals surface area (Å²) in [7, 11) is 2.04. The molecule has 1 aromatic heterocycles. The van der Waals surface area contributed by atoms with E-state index in [2.05, 4.69) is 16.8 Å². The molecule has 2 rings (SSSR count). The molecular weight excluding hydrogens is 270 g/mol. The van der Waals surface area contributed by atoms with Gasteiger partial charge < -0.3 is 10.6 Å². The molecule has 1 unspecified atom stereocenters. The maximum atomic E-state index is 5.94. The second kappa shape index (κ2) is 6.25. The molecule has 0 amide bonds. The van der Waals surface area contributed by atoms with E-state index in [-0.39, 0.29) is 6.04 Å². The first kappa shape index (κ1) is 14.8. The van der Waals surface area contributed by atoms with Gasteiger partial charge in [0.05, 0.1) is 6.04 Å². The highest BCUT2D eigenvalue weighted by atomic mass is 35.5. The number of nitrogens with zero attached hydrogens (tertiary/aromatic N) is 2. The average Bonchev–Trinajstić information content (AvgIpc) is 2.46. The van der Waals surface area contributed by atoms with Gasteiger partial charge in [-0.05, 0) is 37.6 Å². The van der Waals surface area contributed by atoms with E-state index in [1.807, 2.05) is 50.4 Å². The van der Waals surface area contributed by atoms with Gasteiger partial charge in [-0.15, -0.1) is 0 Å². The van der Waals surface area contributed by atoms with Crippen molar-refractivity contribution < 1.29 is 0 Å². The topological polar surface area (TPSA) is 42.1 Å². The lowest BCUT2D eigenvalue weighted by atomic mass is 10.1. The van der Waals surface area contributed by atoms with E-state index in [0.29, 0.717) is 6.54 Å². The average molecular weight is 290 g/mol. The van der Waals surface area contributed by atoms with Crippen LogP contribution in [0.3, 0.4) is 0 Å². The smallest absolute Gasteiger partial charge is 0.133 e. The lowest BCUT2D eigenvalue weighted by Gasteiger charge is -2.28. The van der Waals surface area contributed by atoms with Gasteiger partial charge in [0, 0.05) is 29.9 Å². The Morgan fingerprint density at radius 1 is 1.20 bits per heavy atom. The van der Waals surface area contributed by atoms with Crippen LogP contribution in [0.4, 0.5) is 5.82 Å². The molecule has 1 aromatic carbocycles. The molecule has 0 aliphatic carbocycles. The fourth-order valence-electron chi connectivity index (χ4n) is 2.18. The summed E-state index contributed by atoms with van der Waals surface area (Å²) < 4.78 is 0. The zero-order valence-corrected chi connectivity index (χ0v) is 12.9. The van der Waals surface area contributed by atoms with Crippen molar-refractivity contribution in [3.05, 3.63) is 58.2 Å². The molecule has 0 aliphatic heterocycles.